The molecule has 1 N–H and O–H groups in total. The van der Waals surface area contributed by atoms with E-state index in [1.807, 2.05) is 13.8 Å². The average Bonchev–Trinajstić information content (AvgIpc) is 2.07. The summed E-state index contributed by atoms with van der Waals surface area (Å²) in [5, 5.41) is 9.40. The predicted octanol–water partition coefficient (Wildman–Crippen LogP) is 2.67. The van der Waals surface area contributed by atoms with Crippen LogP contribution in [0, 0.1) is 5.82 Å². The van der Waals surface area contributed by atoms with Gasteiger partial charge in [-0.1, -0.05) is 0 Å². The monoisotopic (exact) mass is 198 g/mol. The van der Waals surface area contributed by atoms with Crippen LogP contribution in [0.1, 0.15) is 32.4 Å². The van der Waals surface area contributed by atoms with Crippen LogP contribution in [0.25, 0.3) is 0 Å². The van der Waals surface area contributed by atoms with E-state index in [4.69, 9.17) is 4.74 Å². The molecule has 0 saturated heterocycles. The first-order valence-electron chi connectivity index (χ1n) is 4.65. The molecule has 2 nitrogen and oxygen atoms in total. The normalized spacial score (nSPS) is 13.0. The SMILES string of the molecule is CC(C)Oc1ccc(F)cc1[C@@H](C)O. The first-order valence-corrected chi connectivity index (χ1v) is 4.65. The lowest BCUT2D eigenvalue weighted by atomic mass is 10.1. The molecule has 0 heterocycles. The summed E-state index contributed by atoms with van der Waals surface area (Å²) in [5.41, 5.74) is 0.485. The van der Waals surface area contributed by atoms with Crippen LogP contribution in [0.2, 0.25) is 0 Å². The quantitative estimate of drug-likeness (QED) is 0.809. The summed E-state index contributed by atoms with van der Waals surface area (Å²) in [4.78, 5) is 0. The predicted molar refractivity (Wildman–Crippen MR) is 52.8 cm³/mol. The van der Waals surface area contributed by atoms with Crippen LogP contribution in [0.4, 0.5) is 4.39 Å². The lowest BCUT2D eigenvalue weighted by molar-refractivity contribution is 0.182. The maximum Gasteiger partial charge on any atom is 0.125 e. The summed E-state index contributed by atoms with van der Waals surface area (Å²) < 4.78 is 18.3. The molecule has 1 aromatic carbocycles. The molecule has 0 amide bonds. The van der Waals surface area contributed by atoms with E-state index in [0.29, 0.717) is 11.3 Å². The third kappa shape index (κ3) is 2.70. The number of ether oxygens (including phenoxy) is 1. The van der Waals surface area contributed by atoms with Gasteiger partial charge < -0.3 is 9.84 Å². The molecular weight excluding hydrogens is 183 g/mol. The van der Waals surface area contributed by atoms with Gasteiger partial charge in [0, 0.05) is 5.56 Å². The van der Waals surface area contributed by atoms with Crippen LogP contribution in [-0.4, -0.2) is 11.2 Å². The minimum Gasteiger partial charge on any atom is -0.491 e. The van der Waals surface area contributed by atoms with Crippen molar-refractivity contribution >= 4 is 0 Å². The van der Waals surface area contributed by atoms with Crippen molar-refractivity contribution in [3.63, 3.8) is 0 Å². The maximum atomic E-state index is 12.9. The van der Waals surface area contributed by atoms with Crippen molar-refractivity contribution in [1.82, 2.24) is 0 Å². The first-order chi connectivity index (χ1) is 6.50. The highest BCUT2D eigenvalue weighted by Crippen LogP contribution is 2.26. The molecule has 0 spiro atoms. The fraction of sp³-hybridized carbons (Fsp3) is 0.455. The molecule has 0 radical (unpaired) electrons. The maximum absolute atomic E-state index is 12.9. The number of halogens is 1. The molecule has 0 aliphatic rings. The Balaban J connectivity index is 3.02. The van der Waals surface area contributed by atoms with Gasteiger partial charge in [0.05, 0.1) is 12.2 Å². The molecule has 3 heteroatoms. The lowest BCUT2D eigenvalue weighted by Crippen LogP contribution is -2.08. The second-order valence-corrected chi connectivity index (χ2v) is 3.52. The van der Waals surface area contributed by atoms with E-state index in [1.54, 1.807) is 6.92 Å². The van der Waals surface area contributed by atoms with Gasteiger partial charge in [-0.15, -0.1) is 0 Å². The smallest absolute Gasteiger partial charge is 0.125 e. The first kappa shape index (κ1) is 11.0. The Labute approximate surface area is 83.3 Å². The standard InChI is InChI=1S/C11H15FO2/c1-7(2)14-11-5-4-9(12)6-10(11)8(3)13/h4-8,13H,1-3H3/t8-/m1/s1. The number of benzene rings is 1. The molecule has 0 fully saturated rings. The van der Waals surface area contributed by atoms with Gasteiger partial charge in [0.2, 0.25) is 0 Å². The number of rotatable bonds is 3. The summed E-state index contributed by atoms with van der Waals surface area (Å²) in [6.07, 6.45) is -0.711. The highest BCUT2D eigenvalue weighted by atomic mass is 19.1. The zero-order valence-corrected chi connectivity index (χ0v) is 8.62. The zero-order valence-electron chi connectivity index (χ0n) is 8.62. The molecule has 0 saturated carbocycles. The van der Waals surface area contributed by atoms with E-state index < -0.39 is 6.10 Å². The highest BCUT2D eigenvalue weighted by molar-refractivity contribution is 5.35. The second-order valence-electron chi connectivity index (χ2n) is 3.52. The van der Waals surface area contributed by atoms with Gasteiger partial charge in [0.15, 0.2) is 0 Å². The van der Waals surface area contributed by atoms with Crippen LogP contribution in [0.15, 0.2) is 18.2 Å². The highest BCUT2D eigenvalue weighted by Gasteiger charge is 2.11. The summed E-state index contributed by atoms with van der Waals surface area (Å²) in [6, 6.07) is 4.16. The minimum absolute atomic E-state index is 0.0120. The molecule has 1 rings (SSSR count). The van der Waals surface area contributed by atoms with E-state index in [0.717, 1.165) is 0 Å². The van der Waals surface area contributed by atoms with E-state index in [1.165, 1.54) is 18.2 Å². The van der Waals surface area contributed by atoms with Gasteiger partial charge >= 0.3 is 0 Å². The fourth-order valence-corrected chi connectivity index (χ4v) is 1.21. The van der Waals surface area contributed by atoms with Crippen LogP contribution in [0.5, 0.6) is 5.75 Å². The van der Waals surface area contributed by atoms with Crippen molar-refractivity contribution in [1.29, 1.82) is 0 Å². The van der Waals surface area contributed by atoms with E-state index >= 15 is 0 Å². The number of aliphatic hydroxyl groups excluding tert-OH is 1. The Hall–Kier alpha value is -1.09. The Morgan fingerprint density at radius 3 is 2.43 bits per heavy atom. The van der Waals surface area contributed by atoms with Crippen molar-refractivity contribution in [3.8, 4) is 5.75 Å². The zero-order chi connectivity index (χ0) is 10.7. The van der Waals surface area contributed by atoms with Gasteiger partial charge in [-0.05, 0) is 39.0 Å². The number of hydrogen-bond acceptors (Lipinski definition) is 2. The molecule has 0 aliphatic carbocycles. The average molecular weight is 198 g/mol. The molecule has 0 aliphatic heterocycles. The van der Waals surface area contributed by atoms with Crippen molar-refractivity contribution in [2.24, 2.45) is 0 Å². The molecule has 78 valence electrons. The minimum atomic E-state index is -0.723. The van der Waals surface area contributed by atoms with Gasteiger partial charge in [0.1, 0.15) is 11.6 Å². The summed E-state index contributed by atoms with van der Waals surface area (Å²) in [5.74, 6) is 0.174. The molecule has 1 atom stereocenters. The third-order valence-corrected chi connectivity index (χ3v) is 1.78. The summed E-state index contributed by atoms with van der Waals surface area (Å²) in [7, 11) is 0. The van der Waals surface area contributed by atoms with Gasteiger partial charge in [-0.25, -0.2) is 4.39 Å². The van der Waals surface area contributed by atoms with Crippen molar-refractivity contribution in [2.75, 3.05) is 0 Å². The van der Waals surface area contributed by atoms with Crippen LogP contribution in [-0.2, 0) is 0 Å². The van der Waals surface area contributed by atoms with E-state index in [2.05, 4.69) is 0 Å². The van der Waals surface area contributed by atoms with Gasteiger partial charge in [0.25, 0.3) is 0 Å². The third-order valence-electron chi connectivity index (χ3n) is 1.78. The molecule has 0 bridgehead atoms. The molecule has 14 heavy (non-hydrogen) atoms. The fourth-order valence-electron chi connectivity index (χ4n) is 1.21. The van der Waals surface area contributed by atoms with Gasteiger partial charge in [-0.3, -0.25) is 0 Å². The van der Waals surface area contributed by atoms with E-state index in [-0.39, 0.29) is 11.9 Å². The molecule has 0 unspecified atom stereocenters. The molecular formula is C11H15FO2. The molecule has 1 aromatic rings. The van der Waals surface area contributed by atoms with Crippen LogP contribution in [0.3, 0.4) is 0 Å². The lowest BCUT2D eigenvalue weighted by Gasteiger charge is -2.15. The summed E-state index contributed by atoms with van der Waals surface area (Å²) in [6.45, 7) is 5.35. The second kappa shape index (κ2) is 4.42. The van der Waals surface area contributed by atoms with Crippen molar-refractivity contribution < 1.29 is 14.2 Å². The largest absolute Gasteiger partial charge is 0.491 e. The Morgan fingerprint density at radius 2 is 1.93 bits per heavy atom. The number of hydrogen-bond donors (Lipinski definition) is 1. The van der Waals surface area contributed by atoms with Crippen LogP contribution >= 0.6 is 0 Å². The van der Waals surface area contributed by atoms with Crippen LogP contribution < -0.4 is 4.74 Å². The van der Waals surface area contributed by atoms with Gasteiger partial charge in [-0.2, -0.15) is 0 Å². The Bertz CT molecular complexity index is 308. The van der Waals surface area contributed by atoms with Crippen molar-refractivity contribution in [3.05, 3.63) is 29.6 Å². The summed E-state index contributed by atoms with van der Waals surface area (Å²) >= 11 is 0. The van der Waals surface area contributed by atoms with E-state index in [9.17, 15) is 9.50 Å². The topological polar surface area (TPSA) is 29.5 Å². The molecule has 0 aromatic heterocycles. The number of aliphatic hydroxyl groups is 1. The Morgan fingerprint density at radius 1 is 1.29 bits per heavy atom. The van der Waals surface area contributed by atoms with Crippen molar-refractivity contribution in [2.45, 2.75) is 33.0 Å². The Kier molecular flexibility index (Phi) is 3.47.